The van der Waals surface area contributed by atoms with Gasteiger partial charge in [0.05, 0.1) is 12.0 Å². The molecule has 0 fully saturated rings. The minimum absolute atomic E-state index is 0.0537. The van der Waals surface area contributed by atoms with E-state index in [0.717, 1.165) is 5.56 Å². The zero-order valence-corrected chi connectivity index (χ0v) is 13.3. The van der Waals surface area contributed by atoms with Crippen LogP contribution in [0.5, 0.6) is 5.75 Å². The molecule has 5 heteroatoms. The summed E-state index contributed by atoms with van der Waals surface area (Å²) in [5.41, 5.74) is 1.67. The number of allylic oxidation sites excluding steroid dienone is 1. The number of rotatable bonds is 6. The number of aryl methyl sites for hydroxylation is 1. The summed E-state index contributed by atoms with van der Waals surface area (Å²) < 4.78 is 10.2. The normalized spacial score (nSPS) is 10.7. The molecule has 0 unspecified atom stereocenters. The monoisotopic (exact) mass is 316 g/mol. The first-order valence-electron chi connectivity index (χ1n) is 7.52. The number of fused-ring (bicyclic) bond motifs is 1. The van der Waals surface area contributed by atoms with Crippen molar-refractivity contribution >= 4 is 16.9 Å². The van der Waals surface area contributed by atoms with Crippen molar-refractivity contribution in [2.45, 2.75) is 33.1 Å². The van der Waals surface area contributed by atoms with E-state index in [4.69, 9.17) is 9.15 Å². The van der Waals surface area contributed by atoms with Crippen LogP contribution in [0, 0.1) is 6.92 Å². The molecule has 0 aliphatic heterocycles. The molecule has 5 nitrogen and oxygen atoms in total. The second kappa shape index (κ2) is 7.13. The quantitative estimate of drug-likeness (QED) is 0.503. The van der Waals surface area contributed by atoms with Crippen LogP contribution >= 0.6 is 0 Å². The third-order valence-corrected chi connectivity index (χ3v) is 3.68. The Morgan fingerprint density at radius 1 is 1.43 bits per heavy atom. The second-order valence-electron chi connectivity index (χ2n) is 5.28. The number of carbonyl (C=O) groups is 1. The average Bonchev–Trinajstić information content (AvgIpc) is 2.46. The topological polar surface area (TPSA) is 76.7 Å². The Morgan fingerprint density at radius 2 is 2.17 bits per heavy atom. The van der Waals surface area contributed by atoms with Crippen LogP contribution in [-0.4, -0.2) is 17.7 Å². The lowest BCUT2D eigenvalue weighted by atomic mass is 9.99. The molecule has 1 aromatic heterocycles. The molecule has 1 aromatic carbocycles. The minimum Gasteiger partial charge on any atom is -0.507 e. The van der Waals surface area contributed by atoms with Gasteiger partial charge in [-0.2, -0.15) is 0 Å². The third-order valence-electron chi connectivity index (χ3n) is 3.68. The Morgan fingerprint density at radius 3 is 2.83 bits per heavy atom. The molecule has 122 valence electrons. The Hall–Kier alpha value is -2.56. The fraction of sp³-hybridized carbons (Fsp3) is 0.333. The maximum absolute atomic E-state index is 12.2. The van der Waals surface area contributed by atoms with E-state index < -0.39 is 5.63 Å². The lowest BCUT2D eigenvalue weighted by Gasteiger charge is -2.10. The van der Waals surface area contributed by atoms with Crippen molar-refractivity contribution in [3.63, 3.8) is 0 Å². The molecule has 2 aromatic rings. The first kappa shape index (κ1) is 16.8. The van der Waals surface area contributed by atoms with Gasteiger partial charge in [0.1, 0.15) is 11.3 Å². The van der Waals surface area contributed by atoms with Crippen molar-refractivity contribution in [3.8, 4) is 5.75 Å². The number of carbonyl (C=O) groups excluding carboxylic acids is 1. The van der Waals surface area contributed by atoms with Gasteiger partial charge in [0.15, 0.2) is 0 Å². The van der Waals surface area contributed by atoms with Gasteiger partial charge in [-0.25, -0.2) is 4.79 Å². The summed E-state index contributed by atoms with van der Waals surface area (Å²) in [4.78, 5) is 23.7. The number of phenolic OH excluding ortho intramolecular Hbond substituents is 1. The molecule has 0 radical (unpaired) electrons. The molecule has 0 aliphatic rings. The first-order valence-corrected chi connectivity index (χ1v) is 7.52. The number of esters is 1. The van der Waals surface area contributed by atoms with Crippen LogP contribution in [0.15, 0.2) is 34.0 Å². The molecular formula is C18H20O5. The van der Waals surface area contributed by atoms with Gasteiger partial charge in [0.25, 0.3) is 0 Å². The lowest BCUT2D eigenvalue weighted by molar-refractivity contribution is -0.143. The zero-order chi connectivity index (χ0) is 17.0. The fourth-order valence-corrected chi connectivity index (χ4v) is 2.61. The molecule has 1 heterocycles. The number of ether oxygens (including phenoxy) is 1. The van der Waals surface area contributed by atoms with Crippen molar-refractivity contribution in [2.24, 2.45) is 0 Å². The summed E-state index contributed by atoms with van der Waals surface area (Å²) in [5, 5.41) is 10.7. The molecule has 0 bridgehead atoms. The molecule has 0 spiro atoms. The largest absolute Gasteiger partial charge is 0.507 e. The highest BCUT2D eigenvalue weighted by atomic mass is 16.5. The van der Waals surface area contributed by atoms with Crippen LogP contribution in [0.3, 0.4) is 0 Å². The number of aromatic hydroxyl groups is 1. The lowest BCUT2D eigenvalue weighted by Crippen LogP contribution is -2.13. The molecule has 0 aliphatic carbocycles. The summed E-state index contributed by atoms with van der Waals surface area (Å²) in [7, 11) is 0. The van der Waals surface area contributed by atoms with E-state index in [1.54, 1.807) is 32.1 Å². The van der Waals surface area contributed by atoms with Crippen LogP contribution in [-0.2, 0) is 22.4 Å². The molecule has 0 atom stereocenters. The van der Waals surface area contributed by atoms with E-state index in [9.17, 15) is 14.7 Å². The Bertz CT molecular complexity index is 801. The molecule has 0 saturated carbocycles. The van der Waals surface area contributed by atoms with E-state index in [1.165, 1.54) is 0 Å². The highest BCUT2D eigenvalue weighted by Crippen LogP contribution is 2.30. The van der Waals surface area contributed by atoms with Crippen molar-refractivity contribution in [1.29, 1.82) is 0 Å². The van der Waals surface area contributed by atoms with E-state index in [-0.39, 0.29) is 24.6 Å². The highest BCUT2D eigenvalue weighted by Gasteiger charge is 2.16. The molecule has 2 rings (SSSR count). The van der Waals surface area contributed by atoms with Gasteiger partial charge >= 0.3 is 11.6 Å². The van der Waals surface area contributed by atoms with Crippen LogP contribution in [0.25, 0.3) is 11.0 Å². The molecule has 0 amide bonds. The standard InChI is InChI=1S/C18H20O5/c1-4-6-12-9-14(19)17-11(3)13(7-8-16(20)22-5-2)18(21)23-15(17)10-12/h4,9-10,19H,1,5-8H2,2-3H3. The van der Waals surface area contributed by atoms with Crippen LogP contribution in [0.2, 0.25) is 0 Å². The smallest absolute Gasteiger partial charge is 0.339 e. The van der Waals surface area contributed by atoms with E-state index >= 15 is 0 Å². The van der Waals surface area contributed by atoms with Crippen molar-refractivity contribution in [3.05, 3.63) is 51.9 Å². The van der Waals surface area contributed by atoms with Gasteiger partial charge in [-0.3, -0.25) is 4.79 Å². The van der Waals surface area contributed by atoms with E-state index in [0.29, 0.717) is 35.1 Å². The summed E-state index contributed by atoms with van der Waals surface area (Å²) in [6, 6.07) is 3.35. The Labute approximate surface area is 134 Å². The molecular weight excluding hydrogens is 296 g/mol. The second-order valence-corrected chi connectivity index (χ2v) is 5.28. The Balaban J connectivity index is 2.46. The van der Waals surface area contributed by atoms with E-state index in [2.05, 4.69) is 6.58 Å². The zero-order valence-electron chi connectivity index (χ0n) is 13.3. The van der Waals surface area contributed by atoms with Crippen LogP contribution in [0.1, 0.15) is 30.0 Å². The third kappa shape index (κ3) is 3.62. The van der Waals surface area contributed by atoms with Gasteiger partial charge < -0.3 is 14.3 Å². The summed E-state index contributed by atoms with van der Waals surface area (Å²) >= 11 is 0. The average molecular weight is 316 g/mol. The molecule has 23 heavy (non-hydrogen) atoms. The number of hydrogen-bond donors (Lipinski definition) is 1. The van der Waals surface area contributed by atoms with Gasteiger partial charge in [-0.1, -0.05) is 6.08 Å². The van der Waals surface area contributed by atoms with Gasteiger partial charge in [0.2, 0.25) is 0 Å². The predicted molar refractivity (Wildman–Crippen MR) is 87.7 cm³/mol. The maximum atomic E-state index is 12.2. The first-order chi connectivity index (χ1) is 11.0. The van der Waals surface area contributed by atoms with Crippen molar-refractivity contribution < 1.29 is 19.1 Å². The highest BCUT2D eigenvalue weighted by molar-refractivity contribution is 5.88. The van der Waals surface area contributed by atoms with Gasteiger partial charge in [0, 0.05) is 12.0 Å². The van der Waals surface area contributed by atoms with Crippen molar-refractivity contribution in [1.82, 2.24) is 0 Å². The number of benzene rings is 1. The van der Waals surface area contributed by atoms with Gasteiger partial charge in [-0.15, -0.1) is 6.58 Å². The molecule has 1 N–H and O–H groups in total. The number of hydrogen-bond acceptors (Lipinski definition) is 5. The molecule has 0 saturated heterocycles. The summed E-state index contributed by atoms with van der Waals surface area (Å²) in [6.07, 6.45) is 2.59. The SMILES string of the molecule is C=CCc1cc(O)c2c(C)c(CCC(=O)OCC)c(=O)oc2c1. The fourth-order valence-electron chi connectivity index (χ4n) is 2.61. The summed E-state index contributed by atoms with van der Waals surface area (Å²) in [5.74, 6) is -0.310. The Kier molecular flexibility index (Phi) is 5.21. The van der Waals surface area contributed by atoms with Gasteiger partial charge in [-0.05, 0) is 49.9 Å². The predicted octanol–water partition coefficient (Wildman–Crippen LogP) is 3.03. The number of phenols is 1. The van der Waals surface area contributed by atoms with E-state index in [1.807, 2.05) is 0 Å². The summed E-state index contributed by atoms with van der Waals surface area (Å²) in [6.45, 7) is 7.43. The van der Waals surface area contributed by atoms with Crippen LogP contribution in [0.4, 0.5) is 0 Å². The van der Waals surface area contributed by atoms with Crippen LogP contribution < -0.4 is 5.63 Å². The minimum atomic E-state index is -0.491. The van der Waals surface area contributed by atoms with Crippen molar-refractivity contribution in [2.75, 3.05) is 6.61 Å². The maximum Gasteiger partial charge on any atom is 0.339 e.